The second kappa shape index (κ2) is 4.97. The molecule has 0 heterocycles. The molecule has 1 aliphatic rings. The SMILES string of the molecule is C=CC(C)(CNCC(C)C)C1CCC1. The van der Waals surface area contributed by atoms with Crippen LogP contribution < -0.4 is 5.32 Å². The van der Waals surface area contributed by atoms with Gasteiger partial charge < -0.3 is 5.32 Å². The van der Waals surface area contributed by atoms with Crippen LogP contribution in [0.1, 0.15) is 40.0 Å². The lowest BCUT2D eigenvalue weighted by atomic mass is 9.66. The minimum absolute atomic E-state index is 0.327. The molecule has 0 aromatic heterocycles. The fourth-order valence-electron chi connectivity index (χ4n) is 2.08. The van der Waals surface area contributed by atoms with Crippen LogP contribution in [0.15, 0.2) is 12.7 Å². The highest BCUT2D eigenvalue weighted by Crippen LogP contribution is 2.42. The van der Waals surface area contributed by atoms with Gasteiger partial charge in [-0.25, -0.2) is 0 Å². The van der Waals surface area contributed by atoms with Crippen molar-refractivity contribution in [2.75, 3.05) is 13.1 Å². The van der Waals surface area contributed by atoms with E-state index in [1.165, 1.54) is 19.3 Å². The van der Waals surface area contributed by atoms with Crippen LogP contribution in [0.25, 0.3) is 0 Å². The van der Waals surface area contributed by atoms with Gasteiger partial charge in [0, 0.05) is 12.0 Å². The molecule has 0 aromatic rings. The smallest absolute Gasteiger partial charge is 0.00425 e. The van der Waals surface area contributed by atoms with Gasteiger partial charge in [-0.2, -0.15) is 0 Å². The first-order valence-corrected chi connectivity index (χ1v) is 5.93. The highest BCUT2D eigenvalue weighted by atomic mass is 14.9. The molecule has 0 saturated heterocycles. The molecule has 1 fully saturated rings. The van der Waals surface area contributed by atoms with E-state index in [4.69, 9.17) is 0 Å². The van der Waals surface area contributed by atoms with Gasteiger partial charge >= 0.3 is 0 Å². The van der Waals surface area contributed by atoms with Crippen molar-refractivity contribution in [3.63, 3.8) is 0 Å². The standard InChI is InChI=1S/C13H25N/c1-5-13(4,12-7-6-8-12)10-14-9-11(2)3/h5,11-12,14H,1,6-10H2,2-4H3. The Hall–Kier alpha value is -0.300. The Morgan fingerprint density at radius 2 is 2.14 bits per heavy atom. The summed E-state index contributed by atoms with van der Waals surface area (Å²) < 4.78 is 0. The van der Waals surface area contributed by atoms with Crippen molar-refractivity contribution in [2.45, 2.75) is 40.0 Å². The summed E-state index contributed by atoms with van der Waals surface area (Å²) in [7, 11) is 0. The maximum Gasteiger partial charge on any atom is 0.00425 e. The van der Waals surface area contributed by atoms with E-state index in [2.05, 4.69) is 38.7 Å². The number of hydrogen-bond donors (Lipinski definition) is 1. The molecule has 1 atom stereocenters. The topological polar surface area (TPSA) is 12.0 Å². The van der Waals surface area contributed by atoms with Crippen molar-refractivity contribution in [3.8, 4) is 0 Å². The molecule has 0 amide bonds. The first kappa shape index (κ1) is 11.8. The second-order valence-electron chi connectivity index (χ2n) is 5.36. The van der Waals surface area contributed by atoms with E-state index < -0.39 is 0 Å². The number of hydrogen-bond acceptors (Lipinski definition) is 1. The minimum Gasteiger partial charge on any atom is -0.316 e. The van der Waals surface area contributed by atoms with E-state index >= 15 is 0 Å². The molecule has 1 nitrogen and oxygen atoms in total. The largest absolute Gasteiger partial charge is 0.316 e. The van der Waals surface area contributed by atoms with E-state index in [0.29, 0.717) is 5.41 Å². The average Bonchev–Trinajstić information content (AvgIpc) is 2.00. The zero-order valence-electron chi connectivity index (χ0n) is 9.97. The van der Waals surface area contributed by atoms with Gasteiger partial charge in [0.05, 0.1) is 0 Å². The van der Waals surface area contributed by atoms with E-state index in [1.54, 1.807) is 0 Å². The van der Waals surface area contributed by atoms with Gasteiger partial charge in [-0.15, -0.1) is 6.58 Å². The molecule has 1 saturated carbocycles. The molecule has 1 heteroatoms. The van der Waals surface area contributed by atoms with E-state index in [9.17, 15) is 0 Å². The first-order valence-electron chi connectivity index (χ1n) is 5.93. The summed E-state index contributed by atoms with van der Waals surface area (Å²) in [5.74, 6) is 1.62. The second-order valence-corrected chi connectivity index (χ2v) is 5.36. The van der Waals surface area contributed by atoms with Crippen LogP contribution >= 0.6 is 0 Å². The van der Waals surface area contributed by atoms with Gasteiger partial charge in [-0.1, -0.05) is 33.3 Å². The first-order chi connectivity index (χ1) is 6.58. The third kappa shape index (κ3) is 2.84. The Morgan fingerprint density at radius 1 is 1.50 bits per heavy atom. The molecule has 14 heavy (non-hydrogen) atoms. The Kier molecular flexibility index (Phi) is 4.18. The summed E-state index contributed by atoms with van der Waals surface area (Å²) in [4.78, 5) is 0. The summed E-state index contributed by atoms with van der Waals surface area (Å²) in [5, 5.41) is 3.55. The Bertz CT molecular complexity index is 182. The fourth-order valence-corrected chi connectivity index (χ4v) is 2.08. The van der Waals surface area contributed by atoms with Gasteiger partial charge in [-0.3, -0.25) is 0 Å². The molecule has 0 bridgehead atoms. The third-order valence-corrected chi connectivity index (χ3v) is 3.56. The van der Waals surface area contributed by atoms with Crippen LogP contribution in [-0.4, -0.2) is 13.1 Å². The maximum absolute atomic E-state index is 3.99. The molecule has 1 N–H and O–H groups in total. The molecule has 82 valence electrons. The number of rotatable bonds is 6. The van der Waals surface area contributed by atoms with Gasteiger partial charge in [0.25, 0.3) is 0 Å². The van der Waals surface area contributed by atoms with Crippen LogP contribution in [0.2, 0.25) is 0 Å². The van der Waals surface area contributed by atoms with Crippen molar-refractivity contribution in [1.29, 1.82) is 0 Å². The molecule has 0 spiro atoms. The van der Waals surface area contributed by atoms with Crippen molar-refractivity contribution >= 4 is 0 Å². The van der Waals surface area contributed by atoms with Crippen molar-refractivity contribution in [2.24, 2.45) is 17.3 Å². The lowest BCUT2D eigenvalue weighted by molar-refractivity contribution is 0.147. The van der Waals surface area contributed by atoms with Gasteiger partial charge in [0.15, 0.2) is 0 Å². The molecule has 0 aromatic carbocycles. The molecule has 0 aliphatic heterocycles. The highest BCUT2D eigenvalue weighted by molar-refractivity contribution is 5.00. The third-order valence-electron chi connectivity index (χ3n) is 3.56. The minimum atomic E-state index is 0.327. The molecule has 1 aliphatic carbocycles. The summed E-state index contributed by atoms with van der Waals surface area (Å²) in [5.41, 5.74) is 0.327. The van der Waals surface area contributed by atoms with Crippen molar-refractivity contribution < 1.29 is 0 Å². The molecule has 1 unspecified atom stereocenters. The molecule has 1 rings (SSSR count). The zero-order chi connectivity index (χ0) is 10.6. The predicted octanol–water partition coefficient (Wildman–Crippen LogP) is 3.22. The van der Waals surface area contributed by atoms with Crippen molar-refractivity contribution in [3.05, 3.63) is 12.7 Å². The van der Waals surface area contributed by atoms with Crippen LogP contribution in [0.4, 0.5) is 0 Å². The Balaban J connectivity index is 2.32. The van der Waals surface area contributed by atoms with Crippen LogP contribution in [-0.2, 0) is 0 Å². The zero-order valence-corrected chi connectivity index (χ0v) is 9.97. The van der Waals surface area contributed by atoms with Crippen LogP contribution in [0.3, 0.4) is 0 Å². The molecular weight excluding hydrogens is 170 g/mol. The summed E-state index contributed by atoms with van der Waals surface area (Å²) >= 11 is 0. The van der Waals surface area contributed by atoms with Gasteiger partial charge in [-0.05, 0) is 31.2 Å². The number of nitrogens with one attached hydrogen (secondary N) is 1. The maximum atomic E-state index is 3.99. The Labute approximate surface area is 89.0 Å². The van der Waals surface area contributed by atoms with Crippen LogP contribution in [0.5, 0.6) is 0 Å². The van der Waals surface area contributed by atoms with E-state index in [0.717, 1.165) is 24.9 Å². The predicted molar refractivity (Wildman–Crippen MR) is 63.4 cm³/mol. The van der Waals surface area contributed by atoms with E-state index in [-0.39, 0.29) is 0 Å². The normalized spacial score (nSPS) is 21.7. The molecular formula is C13H25N. The monoisotopic (exact) mass is 195 g/mol. The summed E-state index contributed by atoms with van der Waals surface area (Å²) in [6.45, 7) is 13.1. The van der Waals surface area contributed by atoms with Crippen molar-refractivity contribution in [1.82, 2.24) is 5.32 Å². The summed E-state index contributed by atoms with van der Waals surface area (Å²) in [6, 6.07) is 0. The average molecular weight is 195 g/mol. The fraction of sp³-hybridized carbons (Fsp3) is 0.846. The molecule has 0 radical (unpaired) electrons. The lowest BCUT2D eigenvalue weighted by Crippen LogP contribution is -2.40. The van der Waals surface area contributed by atoms with Gasteiger partial charge in [0.2, 0.25) is 0 Å². The van der Waals surface area contributed by atoms with Gasteiger partial charge in [0.1, 0.15) is 0 Å². The highest BCUT2D eigenvalue weighted by Gasteiger charge is 2.34. The van der Waals surface area contributed by atoms with E-state index in [1.807, 2.05) is 0 Å². The quantitative estimate of drug-likeness (QED) is 0.642. The van der Waals surface area contributed by atoms with Crippen LogP contribution in [0, 0.1) is 17.3 Å². The summed E-state index contributed by atoms with van der Waals surface area (Å²) in [6.07, 6.45) is 6.36. The Morgan fingerprint density at radius 3 is 2.50 bits per heavy atom. The lowest BCUT2D eigenvalue weighted by Gasteiger charge is -2.41.